The summed E-state index contributed by atoms with van der Waals surface area (Å²) in [6.45, 7) is 1.58. The Morgan fingerprint density at radius 1 is 1.12 bits per heavy atom. The van der Waals surface area contributed by atoms with Crippen molar-refractivity contribution in [2.24, 2.45) is 5.73 Å². The van der Waals surface area contributed by atoms with Gasteiger partial charge < -0.3 is 16.0 Å². The molecule has 0 bridgehead atoms. The average Bonchev–Trinajstić information content (AvgIpc) is 2.66. The third-order valence-electron chi connectivity index (χ3n) is 4.79. The van der Waals surface area contributed by atoms with Gasteiger partial charge in [0.15, 0.2) is 0 Å². The molecule has 0 aromatic heterocycles. The number of halogens is 1. The maximum absolute atomic E-state index is 13.0. The zero-order valence-corrected chi connectivity index (χ0v) is 15.6. The summed E-state index contributed by atoms with van der Waals surface area (Å²) < 4.78 is 0. The minimum atomic E-state index is -0.0498. The molecule has 0 aliphatic carbocycles. The molecule has 0 saturated carbocycles. The van der Waals surface area contributed by atoms with Gasteiger partial charge in [-0.15, -0.1) is 12.4 Å². The van der Waals surface area contributed by atoms with Crippen LogP contribution >= 0.6 is 12.4 Å². The molecular weight excluding hydrogens is 350 g/mol. The van der Waals surface area contributed by atoms with E-state index in [1.54, 1.807) is 0 Å². The van der Waals surface area contributed by atoms with Crippen LogP contribution < -0.4 is 11.1 Å². The van der Waals surface area contributed by atoms with Crippen molar-refractivity contribution in [2.45, 2.75) is 31.7 Å². The fraction of sp³-hybridized carbons (Fsp3) is 0.400. The van der Waals surface area contributed by atoms with E-state index < -0.39 is 0 Å². The maximum atomic E-state index is 13.0. The van der Waals surface area contributed by atoms with Gasteiger partial charge in [-0.2, -0.15) is 0 Å². The molecule has 0 radical (unpaired) electrons. The SMILES string of the molecule is Cl.NCCC(=O)NCC1CCCCN1C(=O)c1ccc2ccccc2c1. The number of fused-ring (bicyclic) bond motifs is 1. The van der Waals surface area contributed by atoms with Gasteiger partial charge in [-0.3, -0.25) is 9.59 Å². The van der Waals surface area contributed by atoms with Gasteiger partial charge in [0.2, 0.25) is 5.91 Å². The predicted octanol–water partition coefficient (Wildman–Crippen LogP) is 2.72. The molecule has 1 aliphatic heterocycles. The Labute approximate surface area is 160 Å². The van der Waals surface area contributed by atoms with Gasteiger partial charge in [-0.05, 0) is 42.2 Å². The first-order valence-electron chi connectivity index (χ1n) is 8.95. The number of hydrogen-bond acceptors (Lipinski definition) is 3. The minimum Gasteiger partial charge on any atom is -0.354 e. The first-order valence-corrected chi connectivity index (χ1v) is 8.95. The van der Waals surface area contributed by atoms with Crippen molar-refractivity contribution in [3.8, 4) is 0 Å². The van der Waals surface area contributed by atoms with E-state index in [1.165, 1.54) is 0 Å². The highest BCUT2D eigenvalue weighted by Crippen LogP contribution is 2.22. The second-order valence-electron chi connectivity index (χ2n) is 6.55. The second-order valence-corrected chi connectivity index (χ2v) is 6.55. The molecule has 1 unspecified atom stereocenters. The number of piperidine rings is 1. The molecule has 1 saturated heterocycles. The molecule has 140 valence electrons. The summed E-state index contributed by atoms with van der Waals surface area (Å²) in [6.07, 6.45) is 3.33. The highest BCUT2D eigenvalue weighted by molar-refractivity contribution is 5.98. The second kappa shape index (κ2) is 9.55. The quantitative estimate of drug-likeness (QED) is 0.843. The third kappa shape index (κ3) is 4.74. The van der Waals surface area contributed by atoms with E-state index in [1.807, 2.05) is 47.4 Å². The molecule has 1 heterocycles. The van der Waals surface area contributed by atoms with Gasteiger partial charge in [0.05, 0.1) is 0 Å². The first-order chi connectivity index (χ1) is 12.2. The van der Waals surface area contributed by atoms with E-state index in [0.717, 1.165) is 36.6 Å². The Morgan fingerprint density at radius 2 is 1.88 bits per heavy atom. The lowest BCUT2D eigenvalue weighted by Crippen LogP contribution is -2.49. The van der Waals surface area contributed by atoms with Crippen LogP contribution in [0.3, 0.4) is 0 Å². The van der Waals surface area contributed by atoms with E-state index in [4.69, 9.17) is 5.73 Å². The summed E-state index contributed by atoms with van der Waals surface area (Å²) in [5.74, 6) is -0.00490. The normalized spacial score (nSPS) is 16.8. The Kier molecular flexibility index (Phi) is 7.42. The molecule has 3 rings (SSSR count). The molecular formula is C20H26ClN3O2. The lowest BCUT2D eigenvalue weighted by molar-refractivity contribution is -0.121. The lowest BCUT2D eigenvalue weighted by Gasteiger charge is -2.36. The van der Waals surface area contributed by atoms with Crippen molar-refractivity contribution in [1.29, 1.82) is 0 Å². The zero-order valence-electron chi connectivity index (χ0n) is 14.8. The van der Waals surface area contributed by atoms with Crippen LogP contribution in [0.2, 0.25) is 0 Å². The fourth-order valence-corrected chi connectivity index (χ4v) is 3.42. The summed E-state index contributed by atoms with van der Waals surface area (Å²) in [4.78, 5) is 26.6. The van der Waals surface area contributed by atoms with Crippen molar-refractivity contribution in [1.82, 2.24) is 10.2 Å². The van der Waals surface area contributed by atoms with Gasteiger partial charge in [0.1, 0.15) is 0 Å². The number of carbonyl (C=O) groups is 2. The molecule has 2 aromatic carbocycles. The average molecular weight is 376 g/mol. The van der Waals surface area contributed by atoms with Crippen LogP contribution in [-0.4, -0.2) is 42.4 Å². The molecule has 26 heavy (non-hydrogen) atoms. The molecule has 3 N–H and O–H groups in total. The summed E-state index contributed by atoms with van der Waals surface area (Å²) in [7, 11) is 0. The first kappa shape index (κ1) is 20.2. The summed E-state index contributed by atoms with van der Waals surface area (Å²) in [6, 6.07) is 13.9. The molecule has 1 aliphatic rings. The molecule has 5 nitrogen and oxygen atoms in total. The Hall–Kier alpha value is -2.11. The number of likely N-dealkylation sites (tertiary alicyclic amines) is 1. The largest absolute Gasteiger partial charge is 0.354 e. The number of nitrogens with two attached hydrogens (primary N) is 1. The van der Waals surface area contributed by atoms with Crippen LogP contribution in [0.25, 0.3) is 10.8 Å². The third-order valence-corrected chi connectivity index (χ3v) is 4.79. The molecule has 2 amide bonds. The molecule has 0 spiro atoms. The van der Waals surface area contributed by atoms with E-state index in [0.29, 0.717) is 25.1 Å². The molecule has 1 atom stereocenters. The van der Waals surface area contributed by atoms with Crippen LogP contribution in [-0.2, 0) is 4.79 Å². The van der Waals surface area contributed by atoms with Crippen LogP contribution in [0.15, 0.2) is 42.5 Å². The van der Waals surface area contributed by atoms with Gasteiger partial charge in [-0.25, -0.2) is 0 Å². The number of carbonyl (C=O) groups excluding carboxylic acids is 2. The molecule has 6 heteroatoms. The van der Waals surface area contributed by atoms with E-state index in [9.17, 15) is 9.59 Å². The predicted molar refractivity (Wildman–Crippen MR) is 107 cm³/mol. The summed E-state index contributed by atoms with van der Waals surface area (Å²) >= 11 is 0. The number of amides is 2. The fourth-order valence-electron chi connectivity index (χ4n) is 3.42. The van der Waals surface area contributed by atoms with Crippen LogP contribution in [0.4, 0.5) is 0 Å². The zero-order chi connectivity index (χ0) is 17.6. The van der Waals surface area contributed by atoms with Crippen molar-refractivity contribution in [3.05, 3.63) is 48.0 Å². The summed E-state index contributed by atoms with van der Waals surface area (Å²) in [5.41, 5.74) is 6.12. The van der Waals surface area contributed by atoms with Gasteiger partial charge in [0, 0.05) is 37.7 Å². The Morgan fingerprint density at radius 3 is 2.65 bits per heavy atom. The number of hydrogen-bond donors (Lipinski definition) is 2. The minimum absolute atomic E-state index is 0. The summed E-state index contributed by atoms with van der Waals surface area (Å²) in [5, 5.41) is 5.10. The van der Waals surface area contributed by atoms with Crippen LogP contribution in [0.5, 0.6) is 0 Å². The van der Waals surface area contributed by atoms with Gasteiger partial charge in [-0.1, -0.05) is 30.3 Å². The number of nitrogens with one attached hydrogen (secondary N) is 1. The Balaban J connectivity index is 0.00000243. The van der Waals surface area contributed by atoms with Crippen molar-refractivity contribution in [3.63, 3.8) is 0 Å². The molecule has 2 aromatic rings. The number of benzene rings is 2. The number of nitrogens with zero attached hydrogens (tertiary/aromatic N) is 1. The number of rotatable bonds is 5. The highest BCUT2D eigenvalue weighted by Gasteiger charge is 2.27. The monoisotopic (exact) mass is 375 g/mol. The van der Waals surface area contributed by atoms with Gasteiger partial charge >= 0.3 is 0 Å². The topological polar surface area (TPSA) is 75.4 Å². The smallest absolute Gasteiger partial charge is 0.254 e. The van der Waals surface area contributed by atoms with Crippen LogP contribution in [0, 0.1) is 0 Å². The maximum Gasteiger partial charge on any atom is 0.254 e. The highest BCUT2D eigenvalue weighted by atomic mass is 35.5. The van der Waals surface area contributed by atoms with Crippen molar-refractivity contribution >= 4 is 35.0 Å². The van der Waals surface area contributed by atoms with Gasteiger partial charge in [0.25, 0.3) is 5.91 Å². The Bertz CT molecular complexity index is 766. The lowest BCUT2D eigenvalue weighted by atomic mass is 9.99. The van der Waals surface area contributed by atoms with Crippen LogP contribution in [0.1, 0.15) is 36.0 Å². The van der Waals surface area contributed by atoms with E-state index >= 15 is 0 Å². The van der Waals surface area contributed by atoms with E-state index in [2.05, 4.69) is 5.32 Å². The molecule has 1 fully saturated rings. The van der Waals surface area contributed by atoms with Crippen molar-refractivity contribution < 1.29 is 9.59 Å². The van der Waals surface area contributed by atoms with Crippen molar-refractivity contribution in [2.75, 3.05) is 19.6 Å². The van der Waals surface area contributed by atoms with E-state index in [-0.39, 0.29) is 30.3 Å². The standard InChI is InChI=1S/C20H25N3O2.ClH/c21-11-10-19(24)22-14-18-7-3-4-12-23(18)20(25)17-9-8-15-5-1-2-6-16(15)13-17;/h1-2,5-6,8-9,13,18H,3-4,7,10-12,14,21H2,(H,22,24);1H.